The molecule has 0 aliphatic carbocycles. The number of piperazine rings is 1. The van der Waals surface area contributed by atoms with E-state index in [4.69, 9.17) is 14.2 Å². The lowest BCUT2D eigenvalue weighted by Crippen LogP contribution is -2.55. The number of piperidine rings is 1. The Morgan fingerprint density at radius 2 is 1.81 bits per heavy atom. The van der Waals surface area contributed by atoms with Crippen molar-refractivity contribution in [3.63, 3.8) is 0 Å². The first-order valence-electron chi connectivity index (χ1n) is 11.8. The molecule has 2 fully saturated rings. The normalized spacial score (nSPS) is 21.2. The minimum atomic E-state index is -0.316. The lowest BCUT2D eigenvalue weighted by molar-refractivity contribution is 0.0715. The van der Waals surface area contributed by atoms with Gasteiger partial charge in [0.25, 0.3) is 0 Å². The van der Waals surface area contributed by atoms with Crippen molar-refractivity contribution in [2.24, 2.45) is 0 Å². The van der Waals surface area contributed by atoms with Crippen LogP contribution in [-0.4, -0.2) is 51.4 Å². The molecule has 32 heavy (non-hydrogen) atoms. The quantitative estimate of drug-likeness (QED) is 0.509. The molecular weight excluding hydrogens is 407 g/mol. The second-order valence-electron chi connectivity index (χ2n) is 8.72. The second kappa shape index (κ2) is 10.4. The first-order valence-corrected chi connectivity index (χ1v) is 11.8. The zero-order valence-corrected chi connectivity index (χ0v) is 19.5. The summed E-state index contributed by atoms with van der Waals surface area (Å²) in [6, 6.07) is 12.5. The molecular formula is C26H35FN2O3. The van der Waals surface area contributed by atoms with E-state index >= 15 is 0 Å². The summed E-state index contributed by atoms with van der Waals surface area (Å²) in [6.07, 6.45) is 5.68. The van der Waals surface area contributed by atoms with E-state index in [-0.39, 0.29) is 5.82 Å². The van der Waals surface area contributed by atoms with Gasteiger partial charge >= 0.3 is 0 Å². The third kappa shape index (κ3) is 4.80. The Kier molecular flexibility index (Phi) is 7.40. The van der Waals surface area contributed by atoms with Crippen molar-refractivity contribution in [2.45, 2.75) is 51.1 Å². The van der Waals surface area contributed by atoms with E-state index in [0.29, 0.717) is 24.4 Å². The van der Waals surface area contributed by atoms with Gasteiger partial charge in [0.05, 0.1) is 20.8 Å². The fourth-order valence-corrected chi connectivity index (χ4v) is 5.02. The highest BCUT2D eigenvalue weighted by atomic mass is 19.1. The summed E-state index contributed by atoms with van der Waals surface area (Å²) < 4.78 is 30.6. The molecule has 0 spiro atoms. The molecule has 0 N–H and O–H groups in total. The summed E-state index contributed by atoms with van der Waals surface area (Å²) in [4.78, 5) is 5.00. The largest absolute Gasteiger partial charge is 0.494 e. The molecule has 2 heterocycles. The number of unbranched alkanes of at least 4 members (excludes halogenated alkanes) is 1. The highest BCUT2D eigenvalue weighted by Crippen LogP contribution is 2.40. The van der Waals surface area contributed by atoms with Crippen LogP contribution in [0.1, 0.15) is 50.6 Å². The molecule has 0 aromatic heterocycles. The highest BCUT2D eigenvalue weighted by molar-refractivity contribution is 5.52. The minimum absolute atomic E-state index is 0.305. The average Bonchev–Trinajstić information content (AvgIpc) is 2.84. The molecule has 2 aromatic carbocycles. The van der Waals surface area contributed by atoms with Gasteiger partial charge in [0.2, 0.25) is 0 Å². The van der Waals surface area contributed by atoms with E-state index < -0.39 is 0 Å². The number of rotatable bonds is 8. The molecule has 2 atom stereocenters. The number of halogens is 1. The Bertz CT molecular complexity index is 907. The first kappa shape index (κ1) is 22.7. The predicted octanol–water partition coefficient (Wildman–Crippen LogP) is 5.44. The monoisotopic (exact) mass is 442 g/mol. The van der Waals surface area contributed by atoms with Gasteiger partial charge in [-0.2, -0.15) is 0 Å². The highest BCUT2D eigenvalue weighted by Gasteiger charge is 2.36. The van der Waals surface area contributed by atoms with Crippen molar-refractivity contribution >= 4 is 5.69 Å². The van der Waals surface area contributed by atoms with E-state index in [9.17, 15) is 4.39 Å². The van der Waals surface area contributed by atoms with Crippen molar-refractivity contribution in [3.05, 3.63) is 47.8 Å². The zero-order chi connectivity index (χ0) is 22.5. The van der Waals surface area contributed by atoms with Crippen LogP contribution < -0.4 is 19.1 Å². The van der Waals surface area contributed by atoms with E-state index in [0.717, 1.165) is 56.1 Å². The molecule has 0 radical (unpaired) electrons. The molecule has 2 aliphatic heterocycles. The van der Waals surface area contributed by atoms with Crippen LogP contribution in [0.15, 0.2) is 36.4 Å². The minimum Gasteiger partial charge on any atom is -0.494 e. The Morgan fingerprint density at radius 1 is 0.969 bits per heavy atom. The van der Waals surface area contributed by atoms with Gasteiger partial charge in [-0.05, 0) is 55.5 Å². The summed E-state index contributed by atoms with van der Waals surface area (Å²) >= 11 is 0. The van der Waals surface area contributed by atoms with Gasteiger partial charge in [-0.3, -0.25) is 4.90 Å². The maximum Gasteiger partial charge on any atom is 0.165 e. The van der Waals surface area contributed by atoms with Gasteiger partial charge in [0.1, 0.15) is 0 Å². The number of nitrogens with zero attached hydrogens (tertiary/aromatic N) is 2. The fourth-order valence-electron chi connectivity index (χ4n) is 5.02. The van der Waals surface area contributed by atoms with Crippen molar-refractivity contribution in [1.82, 2.24) is 4.90 Å². The number of benzene rings is 2. The van der Waals surface area contributed by atoms with Gasteiger partial charge in [-0.1, -0.05) is 19.4 Å². The molecule has 0 saturated carbocycles. The van der Waals surface area contributed by atoms with Crippen LogP contribution in [0.5, 0.6) is 17.2 Å². The number of methoxy groups -OCH3 is 2. The molecule has 0 unspecified atom stereocenters. The second-order valence-corrected chi connectivity index (χ2v) is 8.72. The zero-order valence-electron chi connectivity index (χ0n) is 19.5. The van der Waals surface area contributed by atoms with E-state index in [2.05, 4.69) is 34.9 Å². The third-order valence-corrected chi connectivity index (χ3v) is 6.77. The Hall–Kier alpha value is -2.47. The fraction of sp³-hybridized carbons (Fsp3) is 0.538. The number of fused-ring (bicyclic) bond motifs is 1. The van der Waals surface area contributed by atoms with Crippen LogP contribution in [0.25, 0.3) is 0 Å². The summed E-state index contributed by atoms with van der Waals surface area (Å²) in [5.74, 6) is 1.63. The topological polar surface area (TPSA) is 34.2 Å². The van der Waals surface area contributed by atoms with Gasteiger partial charge in [-0.25, -0.2) is 4.39 Å². The third-order valence-electron chi connectivity index (χ3n) is 6.77. The van der Waals surface area contributed by atoms with Gasteiger partial charge in [0, 0.05) is 43.5 Å². The van der Waals surface area contributed by atoms with Gasteiger partial charge in [-0.15, -0.1) is 0 Å². The molecule has 2 aromatic rings. The summed E-state index contributed by atoms with van der Waals surface area (Å²) in [5, 5.41) is 0. The van der Waals surface area contributed by atoms with Crippen molar-refractivity contribution in [2.75, 3.05) is 45.4 Å². The van der Waals surface area contributed by atoms with Crippen LogP contribution in [0.4, 0.5) is 10.1 Å². The van der Waals surface area contributed by atoms with E-state index in [1.54, 1.807) is 7.11 Å². The number of anilines is 1. The Labute approximate surface area is 191 Å². The molecule has 6 heteroatoms. The maximum atomic E-state index is 13.9. The van der Waals surface area contributed by atoms with Gasteiger partial charge < -0.3 is 19.1 Å². The lowest BCUT2D eigenvalue weighted by Gasteiger charge is -2.49. The molecule has 2 saturated heterocycles. The van der Waals surface area contributed by atoms with Crippen LogP contribution in [-0.2, 0) is 0 Å². The average molecular weight is 443 g/mol. The first-order chi connectivity index (χ1) is 15.6. The predicted molar refractivity (Wildman–Crippen MR) is 126 cm³/mol. The Morgan fingerprint density at radius 3 is 2.59 bits per heavy atom. The van der Waals surface area contributed by atoms with Crippen molar-refractivity contribution < 1.29 is 18.6 Å². The molecule has 4 rings (SSSR count). The Balaban J connectivity index is 1.48. The smallest absolute Gasteiger partial charge is 0.165 e. The SMILES string of the molecule is CCCCOc1ccc([C@H]2CCC[C@H]3CN(c4ccc(F)c(OC)c4)CCN32)cc1OC. The molecule has 174 valence electrons. The summed E-state index contributed by atoms with van der Waals surface area (Å²) in [5.41, 5.74) is 2.33. The lowest BCUT2D eigenvalue weighted by atomic mass is 9.89. The van der Waals surface area contributed by atoms with Gasteiger partial charge in [0.15, 0.2) is 23.1 Å². The van der Waals surface area contributed by atoms with E-state index in [1.807, 2.05) is 12.1 Å². The standard InChI is InChI=1S/C26H35FN2O3/c1-4-5-15-32-24-12-9-19(16-26(24)31-3)23-8-6-7-21-18-28(13-14-29(21)23)20-10-11-22(27)25(17-20)30-2/h9-12,16-17,21,23H,4-8,13-15,18H2,1-3H3/t21-,23+/m0/s1. The number of hydrogen-bond donors (Lipinski definition) is 0. The molecule has 5 nitrogen and oxygen atoms in total. The molecule has 2 aliphatic rings. The van der Waals surface area contributed by atoms with Crippen LogP contribution >= 0.6 is 0 Å². The maximum absolute atomic E-state index is 13.9. The summed E-state index contributed by atoms with van der Waals surface area (Å²) in [6.45, 7) is 5.72. The number of hydrogen-bond acceptors (Lipinski definition) is 5. The van der Waals surface area contributed by atoms with Crippen LogP contribution in [0.3, 0.4) is 0 Å². The van der Waals surface area contributed by atoms with Crippen LogP contribution in [0, 0.1) is 5.82 Å². The molecule has 0 bridgehead atoms. The van der Waals surface area contributed by atoms with Crippen molar-refractivity contribution in [1.29, 1.82) is 0 Å². The molecule has 0 amide bonds. The number of ether oxygens (including phenoxy) is 3. The summed E-state index contributed by atoms with van der Waals surface area (Å²) in [7, 11) is 3.23. The van der Waals surface area contributed by atoms with E-state index in [1.165, 1.54) is 31.6 Å². The van der Waals surface area contributed by atoms with Crippen molar-refractivity contribution in [3.8, 4) is 17.2 Å². The van der Waals surface area contributed by atoms with Crippen LogP contribution in [0.2, 0.25) is 0 Å².